The van der Waals surface area contributed by atoms with Crippen LogP contribution in [-0.2, 0) is 0 Å². The molecule has 0 fully saturated rings. The van der Waals surface area contributed by atoms with E-state index in [1.807, 2.05) is 0 Å². The van der Waals surface area contributed by atoms with Crippen molar-refractivity contribution in [2.45, 2.75) is 25.2 Å². The van der Waals surface area contributed by atoms with Crippen LogP contribution in [0, 0.1) is 0 Å². The standard InChI is InChI=1S/C10H10F5N/c1-7(8-5-3-2-4-6-8)16-10(14,15)9(11,12)13/h2-7,16H,1H3/t7-/m1/s1. The molecule has 0 aliphatic heterocycles. The lowest BCUT2D eigenvalue weighted by Gasteiger charge is -2.24. The highest BCUT2D eigenvalue weighted by Gasteiger charge is 2.58. The van der Waals surface area contributed by atoms with E-state index in [0.29, 0.717) is 5.56 Å². The van der Waals surface area contributed by atoms with Crippen molar-refractivity contribution in [2.75, 3.05) is 0 Å². The number of nitrogens with one attached hydrogen (secondary N) is 1. The first-order valence-corrected chi connectivity index (χ1v) is 4.51. The SMILES string of the molecule is C[C@@H](NC(F)(F)C(F)(F)F)c1ccccc1. The summed E-state index contributed by atoms with van der Waals surface area (Å²) in [6, 6.07) is 1.77. The van der Waals surface area contributed by atoms with Crippen LogP contribution in [0.1, 0.15) is 18.5 Å². The van der Waals surface area contributed by atoms with E-state index in [1.54, 1.807) is 18.2 Å². The molecule has 1 N–H and O–H groups in total. The molecule has 1 aromatic carbocycles. The van der Waals surface area contributed by atoms with Crippen molar-refractivity contribution in [3.8, 4) is 0 Å². The number of hydrogen-bond acceptors (Lipinski definition) is 1. The number of alkyl halides is 5. The van der Waals surface area contributed by atoms with Crippen molar-refractivity contribution < 1.29 is 22.0 Å². The van der Waals surface area contributed by atoms with E-state index in [1.165, 1.54) is 24.4 Å². The smallest absolute Gasteiger partial charge is 0.244 e. The second kappa shape index (κ2) is 4.37. The topological polar surface area (TPSA) is 12.0 Å². The zero-order valence-corrected chi connectivity index (χ0v) is 8.35. The van der Waals surface area contributed by atoms with E-state index in [4.69, 9.17) is 0 Å². The highest BCUT2D eigenvalue weighted by Crippen LogP contribution is 2.34. The van der Waals surface area contributed by atoms with Crippen LogP contribution in [0.3, 0.4) is 0 Å². The lowest BCUT2D eigenvalue weighted by molar-refractivity contribution is -0.298. The molecule has 6 heteroatoms. The lowest BCUT2D eigenvalue weighted by Crippen LogP contribution is -2.50. The largest absolute Gasteiger partial charge is 0.469 e. The highest BCUT2D eigenvalue weighted by atomic mass is 19.4. The number of hydrogen-bond donors (Lipinski definition) is 1. The summed E-state index contributed by atoms with van der Waals surface area (Å²) in [6.45, 7) is 1.25. The van der Waals surface area contributed by atoms with Crippen molar-refractivity contribution in [2.24, 2.45) is 0 Å². The molecule has 16 heavy (non-hydrogen) atoms. The van der Waals surface area contributed by atoms with Gasteiger partial charge in [0.15, 0.2) is 0 Å². The molecule has 0 aromatic heterocycles. The molecular weight excluding hydrogens is 229 g/mol. The fourth-order valence-corrected chi connectivity index (χ4v) is 1.18. The normalized spacial score (nSPS) is 14.9. The lowest BCUT2D eigenvalue weighted by atomic mass is 10.1. The maximum atomic E-state index is 12.6. The summed E-state index contributed by atoms with van der Waals surface area (Å²) in [4.78, 5) is 0. The van der Waals surface area contributed by atoms with Crippen molar-refractivity contribution in [3.63, 3.8) is 0 Å². The van der Waals surface area contributed by atoms with Gasteiger partial charge in [0.25, 0.3) is 0 Å². The van der Waals surface area contributed by atoms with Gasteiger partial charge in [0.1, 0.15) is 0 Å². The number of rotatable bonds is 3. The fourth-order valence-electron chi connectivity index (χ4n) is 1.18. The molecule has 0 saturated carbocycles. The molecule has 0 unspecified atom stereocenters. The molecule has 0 radical (unpaired) electrons. The van der Waals surface area contributed by atoms with Gasteiger partial charge in [-0.3, -0.25) is 0 Å². The molecule has 0 amide bonds. The second-order valence-corrected chi connectivity index (χ2v) is 3.35. The molecule has 0 aliphatic rings. The first kappa shape index (κ1) is 12.9. The van der Waals surface area contributed by atoms with Gasteiger partial charge in [-0.15, -0.1) is 0 Å². The van der Waals surface area contributed by atoms with E-state index in [2.05, 4.69) is 0 Å². The average molecular weight is 239 g/mol. The Hall–Kier alpha value is -1.17. The van der Waals surface area contributed by atoms with Gasteiger partial charge in [-0.05, 0) is 12.5 Å². The Morgan fingerprint density at radius 1 is 1.00 bits per heavy atom. The van der Waals surface area contributed by atoms with Gasteiger partial charge in [-0.2, -0.15) is 22.0 Å². The Kier molecular flexibility index (Phi) is 3.52. The average Bonchev–Trinajstić information content (AvgIpc) is 2.16. The van der Waals surface area contributed by atoms with E-state index >= 15 is 0 Å². The van der Waals surface area contributed by atoms with Crippen molar-refractivity contribution in [3.05, 3.63) is 35.9 Å². The van der Waals surface area contributed by atoms with Gasteiger partial charge in [0, 0.05) is 6.04 Å². The molecule has 0 saturated heterocycles. The first-order chi connectivity index (χ1) is 7.24. The maximum absolute atomic E-state index is 12.6. The summed E-state index contributed by atoms with van der Waals surface area (Å²) in [5, 5.41) is 1.25. The Morgan fingerprint density at radius 2 is 1.50 bits per heavy atom. The predicted octanol–water partition coefficient (Wildman–Crippen LogP) is 3.49. The van der Waals surface area contributed by atoms with Gasteiger partial charge in [0.05, 0.1) is 0 Å². The van der Waals surface area contributed by atoms with Crippen molar-refractivity contribution in [1.29, 1.82) is 0 Å². The van der Waals surface area contributed by atoms with E-state index in [0.717, 1.165) is 0 Å². The molecule has 0 bridgehead atoms. The predicted molar refractivity (Wildman–Crippen MR) is 49.0 cm³/mol. The molecule has 1 aromatic rings. The third-order valence-electron chi connectivity index (χ3n) is 2.05. The molecule has 0 spiro atoms. The summed E-state index contributed by atoms with van der Waals surface area (Å²) >= 11 is 0. The highest BCUT2D eigenvalue weighted by molar-refractivity contribution is 5.18. The minimum atomic E-state index is -5.59. The number of benzene rings is 1. The minimum absolute atomic E-state index is 0.367. The quantitative estimate of drug-likeness (QED) is 0.628. The summed E-state index contributed by atoms with van der Waals surface area (Å²) in [7, 11) is 0. The zero-order valence-electron chi connectivity index (χ0n) is 8.35. The monoisotopic (exact) mass is 239 g/mol. The summed E-state index contributed by atoms with van der Waals surface area (Å²) in [6.07, 6.45) is -5.59. The van der Waals surface area contributed by atoms with E-state index in [9.17, 15) is 22.0 Å². The van der Waals surface area contributed by atoms with Gasteiger partial charge >= 0.3 is 12.2 Å². The maximum Gasteiger partial charge on any atom is 0.469 e. The van der Waals surface area contributed by atoms with Crippen LogP contribution in [0.15, 0.2) is 30.3 Å². The van der Waals surface area contributed by atoms with E-state index < -0.39 is 18.3 Å². The molecule has 1 nitrogen and oxygen atoms in total. The third-order valence-corrected chi connectivity index (χ3v) is 2.05. The van der Waals surface area contributed by atoms with Crippen LogP contribution < -0.4 is 5.32 Å². The van der Waals surface area contributed by atoms with Crippen LogP contribution in [0.4, 0.5) is 22.0 Å². The molecular formula is C10H10F5N. The Morgan fingerprint density at radius 3 is 1.94 bits per heavy atom. The van der Waals surface area contributed by atoms with Crippen LogP contribution in [0.2, 0.25) is 0 Å². The fraction of sp³-hybridized carbons (Fsp3) is 0.400. The summed E-state index contributed by atoms with van der Waals surface area (Å²) < 4.78 is 61.0. The molecule has 0 heterocycles. The van der Waals surface area contributed by atoms with Gasteiger partial charge in [-0.25, -0.2) is 5.32 Å². The summed E-state index contributed by atoms with van der Waals surface area (Å²) in [5.74, 6) is 0. The number of halogens is 5. The molecule has 1 atom stereocenters. The summed E-state index contributed by atoms with van der Waals surface area (Å²) in [5.41, 5.74) is 0.367. The van der Waals surface area contributed by atoms with Crippen LogP contribution in [0.25, 0.3) is 0 Å². The van der Waals surface area contributed by atoms with Crippen molar-refractivity contribution in [1.82, 2.24) is 5.32 Å². The Bertz CT molecular complexity index is 333. The Labute approximate surface area is 89.3 Å². The second-order valence-electron chi connectivity index (χ2n) is 3.35. The molecule has 1 rings (SSSR count). The van der Waals surface area contributed by atoms with E-state index in [-0.39, 0.29) is 0 Å². The van der Waals surface area contributed by atoms with Gasteiger partial charge < -0.3 is 0 Å². The van der Waals surface area contributed by atoms with Crippen molar-refractivity contribution >= 4 is 0 Å². The Balaban J connectivity index is 2.76. The van der Waals surface area contributed by atoms with Gasteiger partial charge in [0.2, 0.25) is 0 Å². The third kappa shape index (κ3) is 2.91. The molecule has 0 aliphatic carbocycles. The minimum Gasteiger partial charge on any atom is -0.244 e. The first-order valence-electron chi connectivity index (χ1n) is 4.51. The van der Waals surface area contributed by atoms with Crippen LogP contribution >= 0.6 is 0 Å². The van der Waals surface area contributed by atoms with Crippen LogP contribution in [-0.4, -0.2) is 12.2 Å². The zero-order chi connectivity index (χ0) is 12.4. The van der Waals surface area contributed by atoms with Gasteiger partial charge in [-0.1, -0.05) is 30.3 Å². The van der Waals surface area contributed by atoms with Crippen LogP contribution in [0.5, 0.6) is 0 Å². The molecule has 90 valence electrons.